The van der Waals surface area contributed by atoms with Gasteiger partial charge in [-0.25, -0.2) is 12.8 Å². The number of anilines is 1. The first kappa shape index (κ1) is 16.0. The minimum atomic E-state index is -3.88. The van der Waals surface area contributed by atoms with Crippen molar-refractivity contribution in [3.05, 3.63) is 40.4 Å². The molecule has 0 amide bonds. The largest absolute Gasteiger partial charge is 0.277 e. The smallest absolute Gasteiger partial charge is 0.265 e. The Bertz CT molecular complexity index is 772. The van der Waals surface area contributed by atoms with Crippen molar-refractivity contribution in [1.82, 2.24) is 9.78 Å². The van der Waals surface area contributed by atoms with E-state index >= 15 is 0 Å². The molecule has 8 heteroatoms. The van der Waals surface area contributed by atoms with Crippen molar-refractivity contribution < 1.29 is 12.8 Å². The number of rotatable bonds is 4. The van der Waals surface area contributed by atoms with Gasteiger partial charge in [0, 0.05) is 16.7 Å². The molecule has 0 radical (unpaired) electrons. The summed E-state index contributed by atoms with van der Waals surface area (Å²) in [6.07, 6.45) is 1.44. The van der Waals surface area contributed by atoms with Gasteiger partial charge >= 0.3 is 0 Å². The Morgan fingerprint density at radius 2 is 2.05 bits per heavy atom. The summed E-state index contributed by atoms with van der Waals surface area (Å²) in [5.74, 6) is -0.651. The van der Waals surface area contributed by atoms with E-state index in [0.717, 1.165) is 0 Å². The van der Waals surface area contributed by atoms with E-state index in [2.05, 4.69) is 25.8 Å². The second kappa shape index (κ2) is 5.76. The highest BCUT2D eigenvalue weighted by atomic mass is 79.9. The van der Waals surface area contributed by atoms with Crippen LogP contribution in [-0.4, -0.2) is 18.2 Å². The van der Waals surface area contributed by atoms with Gasteiger partial charge in [0.05, 0.1) is 11.4 Å². The van der Waals surface area contributed by atoms with E-state index in [1.807, 2.05) is 13.8 Å². The molecule has 0 unspecified atom stereocenters. The SMILES string of the molecule is Cc1nn(C(C)C)cc1S(=O)(=O)Nc1ccc(Br)cc1F. The van der Waals surface area contributed by atoms with Crippen LogP contribution >= 0.6 is 15.9 Å². The molecule has 21 heavy (non-hydrogen) atoms. The fraction of sp³-hybridized carbons (Fsp3) is 0.308. The van der Waals surface area contributed by atoms with Gasteiger partial charge < -0.3 is 0 Å². The van der Waals surface area contributed by atoms with Gasteiger partial charge in [-0.1, -0.05) is 15.9 Å². The first-order valence-electron chi connectivity index (χ1n) is 6.24. The molecule has 2 rings (SSSR count). The molecule has 0 fully saturated rings. The van der Waals surface area contributed by atoms with Crippen molar-refractivity contribution >= 4 is 31.6 Å². The molecule has 0 aliphatic rings. The maximum Gasteiger partial charge on any atom is 0.265 e. The molecule has 0 saturated heterocycles. The molecule has 0 atom stereocenters. The minimum absolute atomic E-state index is 0.0390. The van der Waals surface area contributed by atoms with Crippen molar-refractivity contribution in [3.8, 4) is 0 Å². The lowest BCUT2D eigenvalue weighted by Gasteiger charge is -2.08. The molecule has 0 spiro atoms. The molecule has 0 saturated carbocycles. The first-order chi connectivity index (χ1) is 9.70. The van der Waals surface area contributed by atoms with Gasteiger partial charge in [-0.3, -0.25) is 9.40 Å². The summed E-state index contributed by atoms with van der Waals surface area (Å²) >= 11 is 3.12. The standard InChI is InChI=1S/C13H15BrFN3O2S/c1-8(2)18-7-13(9(3)16-18)21(19,20)17-12-5-4-10(14)6-11(12)15/h4-8,17H,1-3H3. The van der Waals surface area contributed by atoms with Crippen LogP contribution in [-0.2, 0) is 10.0 Å². The van der Waals surface area contributed by atoms with E-state index in [-0.39, 0.29) is 16.6 Å². The number of nitrogens with zero attached hydrogens (tertiary/aromatic N) is 2. The summed E-state index contributed by atoms with van der Waals surface area (Å²) in [7, 11) is -3.88. The average molecular weight is 376 g/mol. The monoisotopic (exact) mass is 375 g/mol. The van der Waals surface area contributed by atoms with Crippen LogP contribution in [0.25, 0.3) is 0 Å². The van der Waals surface area contributed by atoms with Crippen LogP contribution in [0.15, 0.2) is 33.8 Å². The van der Waals surface area contributed by atoms with Crippen LogP contribution in [0, 0.1) is 12.7 Å². The normalized spacial score (nSPS) is 11.9. The van der Waals surface area contributed by atoms with Crippen molar-refractivity contribution in [2.75, 3.05) is 4.72 Å². The Kier molecular flexibility index (Phi) is 4.38. The van der Waals surface area contributed by atoms with E-state index in [1.165, 1.54) is 18.3 Å². The Labute approximate surface area is 131 Å². The summed E-state index contributed by atoms with van der Waals surface area (Å²) in [6.45, 7) is 5.39. The molecule has 5 nitrogen and oxygen atoms in total. The number of aryl methyl sites for hydroxylation is 1. The maximum atomic E-state index is 13.8. The second-order valence-corrected chi connectivity index (χ2v) is 7.45. The van der Waals surface area contributed by atoms with Crippen molar-refractivity contribution in [1.29, 1.82) is 0 Å². The Balaban J connectivity index is 2.38. The minimum Gasteiger partial charge on any atom is -0.277 e. The molecule has 1 aromatic carbocycles. The van der Waals surface area contributed by atoms with Gasteiger partial charge in [-0.2, -0.15) is 5.10 Å². The molecular weight excluding hydrogens is 361 g/mol. The van der Waals surface area contributed by atoms with Gasteiger partial charge in [-0.05, 0) is 39.0 Å². The summed E-state index contributed by atoms with van der Waals surface area (Å²) < 4.78 is 42.8. The summed E-state index contributed by atoms with van der Waals surface area (Å²) in [4.78, 5) is 0.0403. The Morgan fingerprint density at radius 3 is 2.57 bits per heavy atom. The summed E-state index contributed by atoms with van der Waals surface area (Å²) in [5.41, 5.74) is 0.267. The molecule has 0 bridgehead atoms. The average Bonchev–Trinajstić information content (AvgIpc) is 2.76. The van der Waals surface area contributed by atoms with Crippen molar-refractivity contribution in [2.24, 2.45) is 0 Å². The highest BCUT2D eigenvalue weighted by Gasteiger charge is 2.22. The number of benzene rings is 1. The van der Waals surface area contributed by atoms with Crippen LogP contribution < -0.4 is 4.72 Å². The molecule has 114 valence electrons. The third kappa shape index (κ3) is 3.44. The summed E-state index contributed by atoms with van der Waals surface area (Å²) in [5, 5.41) is 4.15. The predicted molar refractivity (Wildman–Crippen MR) is 82.3 cm³/mol. The number of hydrogen-bond acceptors (Lipinski definition) is 3. The molecular formula is C13H15BrFN3O2S. The van der Waals surface area contributed by atoms with Gasteiger partial charge in [0.25, 0.3) is 10.0 Å². The van der Waals surface area contributed by atoms with Gasteiger partial charge in [0.15, 0.2) is 0 Å². The molecule has 1 N–H and O–H groups in total. The van der Waals surface area contributed by atoms with Crippen molar-refractivity contribution in [2.45, 2.75) is 31.7 Å². The van der Waals surface area contributed by atoms with Crippen LogP contribution in [0.2, 0.25) is 0 Å². The van der Waals surface area contributed by atoms with Gasteiger partial charge in [-0.15, -0.1) is 0 Å². The van der Waals surface area contributed by atoms with Gasteiger partial charge in [0.1, 0.15) is 10.7 Å². The number of halogens is 2. The van der Waals surface area contributed by atoms with E-state index < -0.39 is 15.8 Å². The van der Waals surface area contributed by atoms with Crippen LogP contribution in [0.4, 0.5) is 10.1 Å². The second-order valence-electron chi connectivity index (χ2n) is 4.88. The molecule has 1 heterocycles. The molecule has 0 aliphatic carbocycles. The number of sulfonamides is 1. The zero-order valence-corrected chi connectivity index (χ0v) is 14.2. The zero-order chi connectivity index (χ0) is 15.8. The van der Waals surface area contributed by atoms with Crippen molar-refractivity contribution in [3.63, 3.8) is 0 Å². The lowest BCUT2D eigenvalue weighted by Crippen LogP contribution is -2.14. The van der Waals surface area contributed by atoms with E-state index in [4.69, 9.17) is 0 Å². The van der Waals surface area contributed by atoms with Crippen LogP contribution in [0.5, 0.6) is 0 Å². The number of aromatic nitrogens is 2. The maximum absolute atomic E-state index is 13.8. The van der Waals surface area contributed by atoms with Crippen LogP contribution in [0.1, 0.15) is 25.6 Å². The lowest BCUT2D eigenvalue weighted by molar-refractivity contribution is 0.528. The molecule has 0 aliphatic heterocycles. The van der Waals surface area contributed by atoms with E-state index in [1.54, 1.807) is 17.7 Å². The van der Waals surface area contributed by atoms with Crippen LogP contribution in [0.3, 0.4) is 0 Å². The highest BCUT2D eigenvalue weighted by Crippen LogP contribution is 2.24. The van der Waals surface area contributed by atoms with E-state index in [0.29, 0.717) is 10.2 Å². The molecule has 2 aromatic rings. The Morgan fingerprint density at radius 1 is 1.38 bits per heavy atom. The summed E-state index contributed by atoms with van der Waals surface area (Å²) in [6, 6.07) is 4.16. The van der Waals surface area contributed by atoms with Gasteiger partial charge in [0.2, 0.25) is 0 Å². The molecule has 1 aromatic heterocycles. The third-order valence-corrected chi connectivity index (χ3v) is 4.83. The third-order valence-electron chi connectivity index (χ3n) is 2.87. The highest BCUT2D eigenvalue weighted by molar-refractivity contribution is 9.10. The number of nitrogens with one attached hydrogen (secondary N) is 1. The lowest BCUT2D eigenvalue weighted by atomic mass is 10.3. The fourth-order valence-corrected chi connectivity index (χ4v) is 3.34. The zero-order valence-electron chi connectivity index (χ0n) is 11.8. The Hall–Kier alpha value is -1.41. The fourth-order valence-electron chi connectivity index (χ4n) is 1.77. The first-order valence-corrected chi connectivity index (χ1v) is 8.52. The predicted octanol–water partition coefficient (Wildman–Crippen LogP) is 3.47. The number of hydrogen-bond donors (Lipinski definition) is 1. The quantitative estimate of drug-likeness (QED) is 0.889. The topological polar surface area (TPSA) is 64.0 Å². The van der Waals surface area contributed by atoms with E-state index in [9.17, 15) is 12.8 Å².